The number of nitrogens with one attached hydrogen (secondary N) is 1. The average molecular weight is 348 g/mol. The molecule has 0 radical (unpaired) electrons. The van der Waals surface area contributed by atoms with E-state index < -0.39 is 0 Å². The molecule has 4 rings (SSSR count). The zero-order valence-electron chi connectivity index (χ0n) is 12.4. The highest BCUT2D eigenvalue weighted by molar-refractivity contribution is 7.98. The maximum Gasteiger partial charge on any atom is 0.230 e. The number of H-pyrrole nitrogens is 1. The van der Waals surface area contributed by atoms with E-state index in [0.29, 0.717) is 16.7 Å². The second-order valence-corrected chi connectivity index (χ2v) is 6.75. The Hall–Kier alpha value is -1.86. The summed E-state index contributed by atoms with van der Waals surface area (Å²) >= 11 is 7.98. The van der Waals surface area contributed by atoms with Gasteiger partial charge in [-0.25, -0.2) is 0 Å². The molecule has 1 aliphatic rings. The van der Waals surface area contributed by atoms with Crippen molar-refractivity contribution in [3.8, 4) is 11.4 Å². The molecule has 118 valence electrons. The average Bonchev–Trinajstić information content (AvgIpc) is 3.23. The van der Waals surface area contributed by atoms with Gasteiger partial charge in [0.25, 0.3) is 0 Å². The number of thioether (sulfide) groups is 1. The van der Waals surface area contributed by atoms with Crippen molar-refractivity contribution in [3.05, 3.63) is 40.5 Å². The molecule has 0 saturated carbocycles. The van der Waals surface area contributed by atoms with E-state index in [1.165, 1.54) is 0 Å². The molecular weight excluding hydrogens is 334 g/mol. The van der Waals surface area contributed by atoms with E-state index in [2.05, 4.69) is 25.6 Å². The molecule has 0 bridgehead atoms. The molecule has 8 heteroatoms. The van der Waals surface area contributed by atoms with E-state index in [0.717, 1.165) is 41.1 Å². The maximum atomic E-state index is 6.33. The molecule has 1 atom stereocenters. The fraction of sp³-hybridized carbons (Fsp3) is 0.333. The minimum Gasteiger partial charge on any atom is -0.339 e. The minimum atomic E-state index is 0.179. The Morgan fingerprint density at radius 3 is 3.00 bits per heavy atom. The molecule has 2 heterocycles. The molecule has 1 N–H and O–H groups in total. The molecule has 3 aromatic rings. The van der Waals surface area contributed by atoms with E-state index in [1.807, 2.05) is 24.5 Å². The summed E-state index contributed by atoms with van der Waals surface area (Å²) in [5, 5.41) is 15.7. The summed E-state index contributed by atoms with van der Waals surface area (Å²) in [6, 6.07) is 5.85. The summed E-state index contributed by atoms with van der Waals surface area (Å²) in [5.74, 6) is 1.35. The quantitative estimate of drug-likeness (QED) is 0.730. The van der Waals surface area contributed by atoms with E-state index in [1.54, 1.807) is 11.8 Å². The van der Waals surface area contributed by atoms with Gasteiger partial charge in [-0.3, -0.25) is 0 Å². The lowest BCUT2D eigenvalue weighted by atomic mass is 9.90. The van der Waals surface area contributed by atoms with Crippen LogP contribution in [-0.4, -0.2) is 31.8 Å². The Morgan fingerprint density at radius 1 is 1.30 bits per heavy atom. The minimum absolute atomic E-state index is 0.179. The highest BCUT2D eigenvalue weighted by Crippen LogP contribution is 2.33. The lowest BCUT2D eigenvalue weighted by Gasteiger charge is -2.15. The van der Waals surface area contributed by atoms with Crippen LogP contribution in [0.5, 0.6) is 0 Å². The van der Waals surface area contributed by atoms with Gasteiger partial charge in [-0.2, -0.15) is 20.4 Å². The van der Waals surface area contributed by atoms with Crippen LogP contribution in [0.3, 0.4) is 0 Å². The van der Waals surface area contributed by atoms with Crippen LogP contribution >= 0.6 is 23.4 Å². The topological polar surface area (TPSA) is 80.5 Å². The summed E-state index contributed by atoms with van der Waals surface area (Å²) in [5.41, 5.74) is 2.82. The molecule has 23 heavy (non-hydrogen) atoms. The lowest BCUT2D eigenvalue weighted by Crippen LogP contribution is -2.13. The molecule has 6 nitrogen and oxygen atoms in total. The normalized spacial score (nSPS) is 17.2. The third-order valence-electron chi connectivity index (χ3n) is 4.08. The maximum absolute atomic E-state index is 6.33. The number of nitrogens with zero attached hydrogens (tertiary/aromatic N) is 4. The molecule has 0 spiro atoms. The first-order valence-corrected chi connectivity index (χ1v) is 8.91. The Morgan fingerprint density at radius 2 is 2.17 bits per heavy atom. The van der Waals surface area contributed by atoms with E-state index >= 15 is 0 Å². The number of benzene rings is 1. The number of fused-ring (bicyclic) bond motifs is 1. The van der Waals surface area contributed by atoms with Gasteiger partial charge < -0.3 is 4.52 Å². The predicted octanol–water partition coefficient (Wildman–Crippen LogP) is 3.50. The van der Waals surface area contributed by atoms with Gasteiger partial charge in [-0.05, 0) is 37.3 Å². The van der Waals surface area contributed by atoms with Gasteiger partial charge in [0.05, 0.1) is 16.4 Å². The van der Waals surface area contributed by atoms with Gasteiger partial charge in [-0.15, -0.1) is 11.8 Å². The third-order valence-corrected chi connectivity index (χ3v) is 5.12. The van der Waals surface area contributed by atoms with Crippen LogP contribution in [0.1, 0.15) is 29.6 Å². The van der Waals surface area contributed by atoms with Crippen LogP contribution in [-0.2, 0) is 12.8 Å². The van der Waals surface area contributed by atoms with Crippen molar-refractivity contribution in [1.82, 2.24) is 25.6 Å². The first-order chi connectivity index (χ1) is 11.2. The van der Waals surface area contributed by atoms with Gasteiger partial charge in [-0.1, -0.05) is 16.8 Å². The summed E-state index contributed by atoms with van der Waals surface area (Å²) in [7, 11) is 0. The molecule has 1 aliphatic carbocycles. The molecule has 0 amide bonds. The smallest absolute Gasteiger partial charge is 0.230 e. The van der Waals surface area contributed by atoms with Crippen LogP contribution in [0.2, 0.25) is 5.02 Å². The van der Waals surface area contributed by atoms with Gasteiger partial charge in [0.15, 0.2) is 0 Å². The van der Waals surface area contributed by atoms with Gasteiger partial charge >= 0.3 is 0 Å². The van der Waals surface area contributed by atoms with Gasteiger partial charge in [0.2, 0.25) is 11.7 Å². The Labute approximate surface area is 142 Å². The number of aromatic amines is 1. The number of halogens is 1. The largest absolute Gasteiger partial charge is 0.339 e. The highest BCUT2D eigenvalue weighted by Gasteiger charge is 2.27. The van der Waals surface area contributed by atoms with Crippen LogP contribution < -0.4 is 0 Å². The van der Waals surface area contributed by atoms with Crippen molar-refractivity contribution >= 4 is 23.4 Å². The number of aryl methyl sites for hydroxylation is 1. The van der Waals surface area contributed by atoms with Gasteiger partial charge in [0, 0.05) is 22.8 Å². The predicted molar refractivity (Wildman–Crippen MR) is 87.7 cm³/mol. The lowest BCUT2D eigenvalue weighted by molar-refractivity contribution is 0.339. The zero-order chi connectivity index (χ0) is 15.8. The van der Waals surface area contributed by atoms with Gasteiger partial charge in [0.1, 0.15) is 0 Å². The molecule has 1 aromatic carbocycles. The first kappa shape index (κ1) is 14.7. The van der Waals surface area contributed by atoms with Crippen LogP contribution in [0.25, 0.3) is 11.4 Å². The fourth-order valence-electron chi connectivity index (χ4n) is 2.81. The second-order valence-electron chi connectivity index (χ2n) is 5.46. The Balaban J connectivity index is 1.60. The third kappa shape index (κ3) is 2.74. The van der Waals surface area contributed by atoms with Crippen molar-refractivity contribution in [2.24, 2.45) is 0 Å². The fourth-order valence-corrected chi connectivity index (χ4v) is 3.58. The second kappa shape index (κ2) is 5.98. The number of hydrogen-bond acceptors (Lipinski definition) is 6. The monoisotopic (exact) mass is 347 g/mol. The van der Waals surface area contributed by atoms with E-state index in [-0.39, 0.29) is 5.92 Å². The standard InChI is InChI=1S/C15H14ClN5OS/c1-23-9-3-4-10(11(16)7-9)14-17-15(22-20-14)8-2-5-12-13(6-8)19-21-18-12/h3-4,7-8H,2,5-6H2,1H3,(H,18,19,21). The van der Waals surface area contributed by atoms with Crippen LogP contribution in [0.4, 0.5) is 0 Å². The zero-order valence-corrected chi connectivity index (χ0v) is 14.0. The Kier molecular flexibility index (Phi) is 3.82. The summed E-state index contributed by atoms with van der Waals surface area (Å²) < 4.78 is 5.48. The number of rotatable bonds is 3. The molecule has 2 aromatic heterocycles. The van der Waals surface area contributed by atoms with E-state index in [9.17, 15) is 0 Å². The highest BCUT2D eigenvalue weighted by atomic mass is 35.5. The summed E-state index contributed by atoms with van der Waals surface area (Å²) in [4.78, 5) is 5.66. The molecule has 1 unspecified atom stereocenters. The number of aromatic nitrogens is 5. The van der Waals surface area contributed by atoms with Crippen molar-refractivity contribution < 1.29 is 4.52 Å². The van der Waals surface area contributed by atoms with E-state index in [4.69, 9.17) is 16.1 Å². The van der Waals surface area contributed by atoms with Crippen LogP contribution in [0, 0.1) is 0 Å². The number of hydrogen-bond donors (Lipinski definition) is 1. The summed E-state index contributed by atoms with van der Waals surface area (Å²) in [6.07, 6.45) is 4.59. The molecule has 0 aliphatic heterocycles. The molecule has 0 fully saturated rings. The van der Waals surface area contributed by atoms with Crippen molar-refractivity contribution in [3.63, 3.8) is 0 Å². The summed E-state index contributed by atoms with van der Waals surface area (Å²) in [6.45, 7) is 0. The van der Waals surface area contributed by atoms with Crippen LogP contribution in [0.15, 0.2) is 27.6 Å². The molecule has 0 saturated heterocycles. The van der Waals surface area contributed by atoms with Crippen molar-refractivity contribution in [2.75, 3.05) is 6.26 Å². The van der Waals surface area contributed by atoms with Crippen molar-refractivity contribution in [1.29, 1.82) is 0 Å². The first-order valence-electron chi connectivity index (χ1n) is 7.30. The Bertz CT molecular complexity index is 846. The van der Waals surface area contributed by atoms with Crippen molar-refractivity contribution in [2.45, 2.75) is 30.1 Å². The SMILES string of the molecule is CSc1ccc(-c2noc(C3CCc4n[nH]nc4C3)n2)c(Cl)c1. The molecular formula is C15H14ClN5OS.